The molecule has 0 spiro atoms. The summed E-state index contributed by atoms with van der Waals surface area (Å²) in [7, 11) is 3.03. The van der Waals surface area contributed by atoms with Crippen LogP contribution in [0.2, 0.25) is 5.02 Å². The van der Waals surface area contributed by atoms with E-state index in [-0.39, 0.29) is 6.42 Å². The van der Waals surface area contributed by atoms with E-state index in [1.807, 2.05) is 6.07 Å². The predicted octanol–water partition coefficient (Wildman–Crippen LogP) is 3.47. The van der Waals surface area contributed by atoms with Gasteiger partial charge in [0.05, 0.1) is 25.7 Å². The summed E-state index contributed by atoms with van der Waals surface area (Å²) in [4.78, 5) is 24.3. The third kappa shape index (κ3) is 5.13. The molecular weight excluding hydrogens is 358 g/mol. The molecule has 7 heteroatoms. The SMILES string of the molecule is COc1ccc(NC(=O)[C@@H](C)OC(=O)Cc2ccccc2OC)cc1Cl. The lowest BCUT2D eigenvalue weighted by Gasteiger charge is -2.15. The van der Waals surface area contributed by atoms with Crippen LogP contribution in [-0.2, 0) is 20.7 Å². The van der Waals surface area contributed by atoms with Crippen LogP contribution in [0.4, 0.5) is 5.69 Å². The highest BCUT2D eigenvalue weighted by Crippen LogP contribution is 2.27. The molecular formula is C19H20ClNO5. The third-order valence-corrected chi connectivity index (χ3v) is 3.92. The van der Waals surface area contributed by atoms with Crippen molar-refractivity contribution < 1.29 is 23.8 Å². The van der Waals surface area contributed by atoms with Crippen molar-refractivity contribution in [3.8, 4) is 11.5 Å². The van der Waals surface area contributed by atoms with E-state index in [9.17, 15) is 9.59 Å². The highest BCUT2D eigenvalue weighted by atomic mass is 35.5. The molecule has 0 saturated heterocycles. The summed E-state index contributed by atoms with van der Waals surface area (Å²) in [6.07, 6.45) is -0.950. The van der Waals surface area contributed by atoms with Crippen LogP contribution < -0.4 is 14.8 Å². The van der Waals surface area contributed by atoms with E-state index >= 15 is 0 Å². The lowest BCUT2D eigenvalue weighted by molar-refractivity contribution is -0.152. The number of halogens is 1. The number of hydrogen-bond donors (Lipinski definition) is 1. The number of anilines is 1. The van der Waals surface area contributed by atoms with E-state index in [4.69, 9.17) is 25.8 Å². The average Bonchev–Trinajstić information content (AvgIpc) is 2.62. The number of carbonyl (C=O) groups excluding carboxylic acids is 2. The first-order valence-corrected chi connectivity index (χ1v) is 8.28. The first-order valence-electron chi connectivity index (χ1n) is 7.90. The van der Waals surface area contributed by atoms with Gasteiger partial charge in [-0.2, -0.15) is 0 Å². The van der Waals surface area contributed by atoms with Crippen LogP contribution in [-0.4, -0.2) is 32.2 Å². The van der Waals surface area contributed by atoms with Crippen molar-refractivity contribution in [2.45, 2.75) is 19.4 Å². The molecule has 0 fully saturated rings. The van der Waals surface area contributed by atoms with Crippen molar-refractivity contribution in [2.24, 2.45) is 0 Å². The molecule has 2 rings (SSSR count). The molecule has 0 heterocycles. The number of rotatable bonds is 7. The van der Waals surface area contributed by atoms with Gasteiger partial charge in [0.1, 0.15) is 11.5 Å². The Morgan fingerprint density at radius 2 is 1.77 bits per heavy atom. The second-order valence-corrected chi connectivity index (χ2v) is 5.87. The van der Waals surface area contributed by atoms with Crippen LogP contribution in [0.25, 0.3) is 0 Å². The molecule has 0 radical (unpaired) electrons. The molecule has 0 unspecified atom stereocenters. The van der Waals surface area contributed by atoms with Crippen LogP contribution in [0.5, 0.6) is 11.5 Å². The summed E-state index contributed by atoms with van der Waals surface area (Å²) < 4.78 is 15.5. The monoisotopic (exact) mass is 377 g/mol. The minimum Gasteiger partial charge on any atom is -0.496 e. The molecule has 0 aliphatic carbocycles. The molecule has 138 valence electrons. The Morgan fingerprint density at radius 1 is 1.08 bits per heavy atom. The van der Waals surface area contributed by atoms with Crippen molar-refractivity contribution in [1.82, 2.24) is 0 Å². The Labute approximate surface area is 157 Å². The van der Waals surface area contributed by atoms with E-state index in [2.05, 4.69) is 5.32 Å². The lowest BCUT2D eigenvalue weighted by Crippen LogP contribution is -2.30. The maximum Gasteiger partial charge on any atom is 0.311 e. The van der Waals surface area contributed by atoms with Gasteiger partial charge in [0.15, 0.2) is 6.10 Å². The Kier molecular flexibility index (Phi) is 6.86. The van der Waals surface area contributed by atoms with Crippen molar-refractivity contribution in [1.29, 1.82) is 0 Å². The van der Waals surface area contributed by atoms with Crippen LogP contribution in [0.15, 0.2) is 42.5 Å². The zero-order chi connectivity index (χ0) is 19.1. The van der Waals surface area contributed by atoms with Gasteiger partial charge in [-0.15, -0.1) is 0 Å². The highest BCUT2D eigenvalue weighted by molar-refractivity contribution is 6.32. The van der Waals surface area contributed by atoms with E-state index in [1.165, 1.54) is 21.1 Å². The largest absolute Gasteiger partial charge is 0.496 e. The normalized spacial score (nSPS) is 11.4. The van der Waals surface area contributed by atoms with Gasteiger partial charge in [0, 0.05) is 11.3 Å². The third-order valence-electron chi connectivity index (χ3n) is 3.62. The molecule has 0 aliphatic heterocycles. The number of esters is 1. The topological polar surface area (TPSA) is 73.9 Å². The van der Waals surface area contributed by atoms with E-state index in [0.29, 0.717) is 27.8 Å². The molecule has 0 saturated carbocycles. The molecule has 2 aromatic carbocycles. The van der Waals surface area contributed by atoms with Gasteiger partial charge in [0.2, 0.25) is 0 Å². The van der Waals surface area contributed by atoms with Crippen molar-refractivity contribution in [3.63, 3.8) is 0 Å². The number of carbonyl (C=O) groups is 2. The molecule has 1 N–H and O–H groups in total. The zero-order valence-corrected chi connectivity index (χ0v) is 15.5. The van der Waals surface area contributed by atoms with E-state index in [1.54, 1.807) is 36.4 Å². The first kappa shape index (κ1) is 19.6. The van der Waals surface area contributed by atoms with Gasteiger partial charge < -0.3 is 19.5 Å². The fourth-order valence-electron chi connectivity index (χ4n) is 2.28. The summed E-state index contributed by atoms with van der Waals surface area (Å²) in [5.74, 6) is 0.111. The molecule has 1 atom stereocenters. The summed E-state index contributed by atoms with van der Waals surface area (Å²) in [6.45, 7) is 1.50. The standard InChI is InChI=1S/C19H20ClNO5/c1-12(19(23)21-14-8-9-17(25-3)15(20)11-14)26-18(22)10-13-6-4-5-7-16(13)24-2/h4-9,11-12H,10H2,1-3H3,(H,21,23)/t12-/m1/s1. The number of nitrogens with one attached hydrogen (secondary N) is 1. The van der Waals surface area contributed by atoms with Crippen LogP contribution in [0.3, 0.4) is 0 Å². The Morgan fingerprint density at radius 3 is 2.42 bits per heavy atom. The Hall–Kier alpha value is -2.73. The van der Waals surface area contributed by atoms with Crippen LogP contribution in [0.1, 0.15) is 12.5 Å². The van der Waals surface area contributed by atoms with E-state index in [0.717, 1.165) is 0 Å². The summed E-state index contributed by atoms with van der Waals surface area (Å²) in [5.41, 5.74) is 1.17. The molecule has 0 aliphatic rings. The van der Waals surface area contributed by atoms with Crippen LogP contribution >= 0.6 is 11.6 Å². The lowest BCUT2D eigenvalue weighted by atomic mass is 10.1. The summed E-state index contributed by atoms with van der Waals surface area (Å²) in [5, 5.41) is 3.01. The van der Waals surface area contributed by atoms with Gasteiger partial charge in [-0.25, -0.2) is 0 Å². The number of benzene rings is 2. The maximum absolute atomic E-state index is 12.2. The minimum atomic E-state index is -0.960. The number of methoxy groups -OCH3 is 2. The van der Waals surface area contributed by atoms with Crippen LogP contribution in [0, 0.1) is 0 Å². The Bertz CT molecular complexity index is 793. The predicted molar refractivity (Wildman–Crippen MR) is 98.9 cm³/mol. The summed E-state index contributed by atoms with van der Waals surface area (Å²) >= 11 is 6.02. The molecule has 1 amide bonds. The van der Waals surface area contributed by atoms with Gasteiger partial charge in [-0.3, -0.25) is 9.59 Å². The van der Waals surface area contributed by atoms with E-state index < -0.39 is 18.0 Å². The highest BCUT2D eigenvalue weighted by Gasteiger charge is 2.19. The number of para-hydroxylation sites is 1. The number of hydrogen-bond acceptors (Lipinski definition) is 5. The summed E-state index contributed by atoms with van der Waals surface area (Å²) in [6, 6.07) is 12.0. The minimum absolute atomic E-state index is 0.00992. The number of amides is 1. The van der Waals surface area contributed by atoms with Crippen molar-refractivity contribution in [3.05, 3.63) is 53.1 Å². The van der Waals surface area contributed by atoms with Gasteiger partial charge in [0.25, 0.3) is 5.91 Å². The fourth-order valence-corrected chi connectivity index (χ4v) is 2.54. The molecule has 0 bridgehead atoms. The fraction of sp³-hybridized carbons (Fsp3) is 0.263. The first-order chi connectivity index (χ1) is 12.4. The van der Waals surface area contributed by atoms with Crippen molar-refractivity contribution in [2.75, 3.05) is 19.5 Å². The molecule has 2 aromatic rings. The van der Waals surface area contributed by atoms with Gasteiger partial charge >= 0.3 is 5.97 Å². The van der Waals surface area contributed by atoms with Gasteiger partial charge in [-0.05, 0) is 31.2 Å². The second kappa shape index (κ2) is 9.10. The maximum atomic E-state index is 12.2. The number of ether oxygens (including phenoxy) is 3. The Balaban J connectivity index is 1.94. The molecule has 0 aromatic heterocycles. The van der Waals surface area contributed by atoms with Gasteiger partial charge in [-0.1, -0.05) is 29.8 Å². The molecule has 6 nitrogen and oxygen atoms in total. The second-order valence-electron chi connectivity index (χ2n) is 5.46. The smallest absolute Gasteiger partial charge is 0.311 e. The molecule has 26 heavy (non-hydrogen) atoms. The zero-order valence-electron chi connectivity index (χ0n) is 14.7. The average molecular weight is 378 g/mol. The van der Waals surface area contributed by atoms with Crippen molar-refractivity contribution >= 4 is 29.2 Å². The quantitative estimate of drug-likeness (QED) is 0.748.